The maximum atomic E-state index is 14.4. The fourth-order valence-corrected chi connectivity index (χ4v) is 8.71. The molecule has 2 saturated carbocycles. The van der Waals surface area contributed by atoms with Gasteiger partial charge in [0.2, 0.25) is 11.8 Å². The molecule has 3 N–H and O–H groups in total. The number of allylic oxidation sites excluding steroid dienone is 1. The van der Waals surface area contributed by atoms with Crippen molar-refractivity contribution in [2.45, 2.75) is 121 Å². The van der Waals surface area contributed by atoms with E-state index < -0.39 is 73.1 Å². The van der Waals surface area contributed by atoms with Gasteiger partial charge in [-0.25, -0.2) is 18.5 Å². The van der Waals surface area contributed by atoms with E-state index in [1.807, 2.05) is 12.2 Å². The standard InChI is InChI=1S/C36H49FN5O10P/c1-3-49-53(48,50-4-2)40-33(45)36-19-24(36)13-8-6-5-7-9-17-29(38-34(46)51-25-14-11-15-25)32(44)42-21-26(18-30(42)31(43)39-36)52-35(47)41-20-23-12-10-16-28(37)27(23)22-41/h8,10,12-13,16,24-26,29-30H,3-7,9,11,14-15,17-22H2,1-2H3,(H,38,46)(H,39,43)(H,40,45,48)/b13-8-/t24?,26-,29+,30+,36-/m1/s1. The maximum absolute atomic E-state index is 14.4. The van der Waals surface area contributed by atoms with Crippen molar-refractivity contribution in [2.24, 2.45) is 5.92 Å². The molecule has 3 heterocycles. The van der Waals surface area contributed by atoms with Crippen LogP contribution in [0.5, 0.6) is 0 Å². The van der Waals surface area contributed by atoms with Crippen molar-refractivity contribution in [3.63, 3.8) is 0 Å². The van der Waals surface area contributed by atoms with Crippen LogP contribution in [-0.4, -0.2) is 89.3 Å². The highest BCUT2D eigenvalue weighted by atomic mass is 31.2. The number of carbonyl (C=O) groups excluding carboxylic acids is 5. The first kappa shape index (κ1) is 38.7. The average molecular weight is 762 g/mol. The van der Waals surface area contributed by atoms with Crippen LogP contribution in [0, 0.1) is 11.7 Å². The van der Waals surface area contributed by atoms with Gasteiger partial charge in [0.1, 0.15) is 35.6 Å². The van der Waals surface area contributed by atoms with E-state index in [1.165, 1.54) is 15.9 Å². The minimum atomic E-state index is -4.06. The summed E-state index contributed by atoms with van der Waals surface area (Å²) in [5, 5.41) is 7.96. The zero-order valence-electron chi connectivity index (χ0n) is 30.2. The largest absolute Gasteiger partial charge is 0.446 e. The summed E-state index contributed by atoms with van der Waals surface area (Å²) in [4.78, 5) is 71.4. The fraction of sp³-hybridized carbons (Fsp3) is 0.639. The first-order valence-corrected chi connectivity index (χ1v) is 20.2. The molecule has 6 rings (SSSR count). The normalized spacial score (nSPS) is 28.2. The number of hydrogen-bond donors (Lipinski definition) is 3. The van der Waals surface area contributed by atoms with E-state index in [4.69, 9.17) is 18.5 Å². The Morgan fingerprint density at radius 1 is 1.00 bits per heavy atom. The topological polar surface area (TPSA) is 182 Å². The number of nitrogens with one attached hydrogen (secondary N) is 3. The minimum absolute atomic E-state index is 0.00135. The van der Waals surface area contributed by atoms with E-state index in [2.05, 4.69) is 15.7 Å². The molecule has 0 bridgehead atoms. The Bertz CT molecular complexity index is 1650. The summed E-state index contributed by atoms with van der Waals surface area (Å²) in [7, 11) is -4.06. The van der Waals surface area contributed by atoms with Crippen molar-refractivity contribution in [3.05, 3.63) is 47.3 Å². The Morgan fingerprint density at radius 3 is 2.47 bits per heavy atom. The number of carbonyl (C=O) groups is 5. The number of amides is 5. The number of halogens is 1. The molecule has 290 valence electrons. The third kappa shape index (κ3) is 8.87. The molecule has 1 aromatic carbocycles. The first-order chi connectivity index (χ1) is 25.4. The van der Waals surface area contributed by atoms with Gasteiger partial charge < -0.3 is 25.0 Å². The summed E-state index contributed by atoms with van der Waals surface area (Å²) in [5.74, 6) is -2.87. The third-order valence-corrected chi connectivity index (χ3v) is 12.2. The average Bonchev–Trinajstić information content (AvgIpc) is 3.39. The van der Waals surface area contributed by atoms with Crippen LogP contribution in [0.4, 0.5) is 14.0 Å². The van der Waals surface area contributed by atoms with Crippen LogP contribution in [0.15, 0.2) is 30.4 Å². The van der Waals surface area contributed by atoms with Gasteiger partial charge in [0.05, 0.1) is 26.3 Å². The molecule has 0 radical (unpaired) electrons. The van der Waals surface area contributed by atoms with Crippen LogP contribution in [-0.2, 0) is 50.6 Å². The lowest BCUT2D eigenvalue weighted by molar-refractivity contribution is -0.141. The fourth-order valence-electron chi connectivity index (χ4n) is 7.37. The van der Waals surface area contributed by atoms with Crippen LogP contribution >= 0.6 is 7.75 Å². The lowest BCUT2D eigenvalue weighted by Crippen LogP contribution is -2.57. The van der Waals surface area contributed by atoms with Gasteiger partial charge >= 0.3 is 19.9 Å². The molecule has 3 aliphatic heterocycles. The van der Waals surface area contributed by atoms with Crippen molar-refractivity contribution < 1.29 is 51.4 Å². The molecule has 15 nitrogen and oxygen atoms in total. The Hall–Kier alpha value is -4.01. The van der Waals surface area contributed by atoms with Gasteiger partial charge in [-0.2, -0.15) is 0 Å². The number of ether oxygens (including phenoxy) is 2. The second kappa shape index (κ2) is 16.6. The summed E-state index contributed by atoms with van der Waals surface area (Å²) in [6.45, 7) is 3.20. The monoisotopic (exact) mass is 761 g/mol. The molecule has 5 atom stereocenters. The highest BCUT2D eigenvalue weighted by Crippen LogP contribution is 2.50. The molecule has 1 unspecified atom stereocenters. The molecule has 5 aliphatic rings. The SMILES string of the molecule is CCOP(=O)(NC(=O)[C@@]12CC1/C=C\CCCCC[C@H](NC(=O)OC1CCC1)C(=O)N1C[C@H](OC(=O)N3Cc4cccc(F)c4C3)C[C@H]1C(=O)N2)OCC. The number of fused-ring (bicyclic) bond motifs is 3. The predicted molar refractivity (Wildman–Crippen MR) is 187 cm³/mol. The molecular weight excluding hydrogens is 712 g/mol. The lowest BCUT2D eigenvalue weighted by Gasteiger charge is -2.31. The summed E-state index contributed by atoms with van der Waals surface area (Å²) < 4.78 is 49.7. The summed E-state index contributed by atoms with van der Waals surface area (Å²) in [6.07, 6.45) is 6.82. The molecule has 5 amide bonds. The molecule has 1 aromatic rings. The summed E-state index contributed by atoms with van der Waals surface area (Å²) in [5.41, 5.74) is -0.458. The quantitative estimate of drug-likeness (QED) is 0.238. The van der Waals surface area contributed by atoms with Crippen molar-refractivity contribution >= 4 is 37.7 Å². The van der Waals surface area contributed by atoms with Crippen molar-refractivity contribution in [3.8, 4) is 0 Å². The van der Waals surface area contributed by atoms with E-state index in [1.54, 1.807) is 26.0 Å². The molecule has 1 saturated heterocycles. The highest BCUT2D eigenvalue weighted by molar-refractivity contribution is 7.52. The number of hydrogen-bond acceptors (Lipinski definition) is 10. The predicted octanol–water partition coefficient (Wildman–Crippen LogP) is 4.59. The summed E-state index contributed by atoms with van der Waals surface area (Å²) >= 11 is 0. The number of nitrogens with zero attached hydrogens (tertiary/aromatic N) is 2. The second-order valence-electron chi connectivity index (χ2n) is 14.2. The number of rotatable bonds is 9. The molecule has 2 aliphatic carbocycles. The van der Waals surface area contributed by atoms with Crippen molar-refractivity contribution in [2.75, 3.05) is 19.8 Å². The maximum Gasteiger partial charge on any atom is 0.434 e. The number of alkyl carbamates (subject to hydrolysis) is 1. The second-order valence-corrected chi connectivity index (χ2v) is 16.0. The Morgan fingerprint density at radius 2 is 1.77 bits per heavy atom. The molecule has 53 heavy (non-hydrogen) atoms. The van der Waals surface area contributed by atoms with Crippen LogP contribution < -0.4 is 15.7 Å². The first-order valence-electron chi connectivity index (χ1n) is 18.6. The van der Waals surface area contributed by atoms with Crippen LogP contribution in [0.25, 0.3) is 0 Å². The highest BCUT2D eigenvalue weighted by Gasteiger charge is 2.62. The van der Waals surface area contributed by atoms with Crippen LogP contribution in [0.3, 0.4) is 0 Å². The van der Waals surface area contributed by atoms with Gasteiger partial charge in [-0.15, -0.1) is 0 Å². The van der Waals surface area contributed by atoms with E-state index in [9.17, 15) is 32.9 Å². The molecule has 3 fully saturated rings. The van der Waals surface area contributed by atoms with Crippen molar-refractivity contribution in [1.29, 1.82) is 0 Å². The lowest BCUT2D eigenvalue weighted by atomic mass is 9.96. The van der Waals surface area contributed by atoms with Gasteiger partial charge in [-0.1, -0.05) is 37.1 Å². The van der Waals surface area contributed by atoms with Gasteiger partial charge in [0.15, 0.2) is 0 Å². The van der Waals surface area contributed by atoms with E-state index in [-0.39, 0.29) is 58.2 Å². The van der Waals surface area contributed by atoms with Crippen molar-refractivity contribution in [1.82, 2.24) is 25.5 Å². The van der Waals surface area contributed by atoms with E-state index >= 15 is 0 Å². The molecule has 0 spiro atoms. The Kier molecular flexibility index (Phi) is 12.1. The zero-order valence-corrected chi connectivity index (χ0v) is 31.1. The summed E-state index contributed by atoms with van der Waals surface area (Å²) in [6, 6.07) is 2.40. The number of benzene rings is 1. The van der Waals surface area contributed by atoms with Gasteiger partial charge in [0, 0.05) is 24.4 Å². The molecule has 17 heteroatoms. The van der Waals surface area contributed by atoms with Crippen LogP contribution in [0.2, 0.25) is 0 Å². The van der Waals surface area contributed by atoms with Gasteiger partial charge in [-0.05, 0) is 70.4 Å². The smallest absolute Gasteiger partial charge is 0.434 e. The zero-order chi connectivity index (χ0) is 37.8. The minimum Gasteiger partial charge on any atom is -0.446 e. The van der Waals surface area contributed by atoms with E-state index in [0.717, 1.165) is 32.1 Å². The van der Waals surface area contributed by atoms with E-state index in [0.29, 0.717) is 24.0 Å². The van der Waals surface area contributed by atoms with Crippen LogP contribution in [0.1, 0.15) is 89.2 Å². The van der Waals surface area contributed by atoms with Gasteiger partial charge in [0.25, 0.3) is 5.91 Å². The molecule has 0 aromatic heterocycles. The Labute approximate surface area is 308 Å². The van der Waals surface area contributed by atoms with Gasteiger partial charge in [-0.3, -0.25) is 33.4 Å². The molecular formula is C36H49FN5O10P. The Balaban J connectivity index is 1.24. The third-order valence-electron chi connectivity index (χ3n) is 10.6.